The number of nitrogens with two attached hydrogens (primary N) is 1. The van der Waals surface area contributed by atoms with Crippen molar-refractivity contribution in [2.24, 2.45) is 17.6 Å². The maximum absolute atomic E-state index is 14.1. The molecule has 1 heterocycles. The molecule has 0 saturated heterocycles. The third-order valence-corrected chi connectivity index (χ3v) is 8.43. The lowest BCUT2D eigenvalue weighted by Gasteiger charge is -2.50. The van der Waals surface area contributed by atoms with Crippen LogP contribution in [0.4, 0.5) is 11.4 Å². The van der Waals surface area contributed by atoms with Crippen LogP contribution in [0.1, 0.15) is 33.9 Å². The van der Waals surface area contributed by atoms with E-state index in [-0.39, 0.29) is 42.0 Å². The number of phenolic OH excluding ortho intramolecular Hbond substituents is 1. The van der Waals surface area contributed by atoms with Gasteiger partial charge >= 0.3 is 0 Å². The van der Waals surface area contributed by atoms with E-state index in [4.69, 9.17) is 10.2 Å². The average molecular weight is 567 g/mol. The molecule has 3 aliphatic rings. The van der Waals surface area contributed by atoms with Gasteiger partial charge in [-0.05, 0) is 63.5 Å². The molecule has 2 aromatic rings. The van der Waals surface area contributed by atoms with Crippen molar-refractivity contribution in [3.63, 3.8) is 0 Å². The summed E-state index contributed by atoms with van der Waals surface area (Å²) in [6.07, 6.45) is 0.227. The van der Waals surface area contributed by atoms with Gasteiger partial charge in [-0.2, -0.15) is 0 Å². The first-order valence-electron chi connectivity index (χ1n) is 13.2. The number of aryl methyl sites for hydroxylation is 1. The molecule has 1 aromatic carbocycles. The van der Waals surface area contributed by atoms with Crippen LogP contribution in [0.25, 0.3) is 0 Å². The summed E-state index contributed by atoms with van der Waals surface area (Å²) >= 11 is 0. The molecule has 0 aliphatic heterocycles. The number of allylic oxidation sites excluding steroid dienone is 1. The zero-order valence-corrected chi connectivity index (χ0v) is 23.5. The molecule has 4 atom stereocenters. The van der Waals surface area contributed by atoms with E-state index in [0.717, 1.165) is 5.76 Å². The number of likely N-dealkylation sites (N-methyl/N-ethyl adjacent to an activating group) is 1. The van der Waals surface area contributed by atoms with E-state index in [2.05, 4.69) is 5.32 Å². The molecular formula is C29H34N4O8. The second-order valence-electron chi connectivity index (χ2n) is 11.4. The van der Waals surface area contributed by atoms with Gasteiger partial charge in [-0.3, -0.25) is 19.3 Å². The molecule has 0 radical (unpaired) electrons. The Morgan fingerprint density at radius 1 is 1.17 bits per heavy atom. The molecule has 0 saturated carbocycles. The standard InChI is InChI=1S/C29H34N4O8/c1-12-6-7-14(41-12)11-31-17-10-18(32(2)3)15-8-13-9-16-22(33(4)5)25(36)21(28(30)39)27(38)29(16,40)26(37)19(13)24(35)20(15)23(17)34/h6-7,10,13,16,22,31,34,36-37,40H,8-9,11H2,1-5H3,(H2,30,39)/t13-,16-,22?,29-/m1/s1. The molecule has 0 spiro atoms. The molecule has 12 nitrogen and oxygen atoms in total. The van der Waals surface area contributed by atoms with Crippen molar-refractivity contribution in [2.75, 3.05) is 38.4 Å². The van der Waals surface area contributed by atoms with Gasteiger partial charge in [-0.15, -0.1) is 0 Å². The van der Waals surface area contributed by atoms with Crippen molar-refractivity contribution in [1.29, 1.82) is 0 Å². The van der Waals surface area contributed by atoms with Crippen LogP contribution in [0.3, 0.4) is 0 Å². The van der Waals surface area contributed by atoms with Crippen molar-refractivity contribution in [2.45, 2.75) is 38.0 Å². The Labute approximate surface area is 236 Å². The minimum atomic E-state index is -2.68. The van der Waals surface area contributed by atoms with Gasteiger partial charge in [0.25, 0.3) is 5.91 Å². The van der Waals surface area contributed by atoms with Crippen molar-refractivity contribution >= 4 is 28.8 Å². The van der Waals surface area contributed by atoms with E-state index in [1.165, 1.54) is 4.90 Å². The van der Waals surface area contributed by atoms with Crippen LogP contribution in [-0.4, -0.2) is 82.6 Å². The summed E-state index contributed by atoms with van der Waals surface area (Å²) in [5, 5.41) is 48.6. The van der Waals surface area contributed by atoms with Gasteiger partial charge in [-0.25, -0.2) is 0 Å². The minimum absolute atomic E-state index is 0.0250. The van der Waals surface area contributed by atoms with Crippen LogP contribution in [0.5, 0.6) is 5.75 Å². The zero-order chi connectivity index (χ0) is 30.1. The monoisotopic (exact) mass is 566 g/mol. The molecule has 3 aliphatic carbocycles. The van der Waals surface area contributed by atoms with Gasteiger partial charge in [0.1, 0.15) is 34.4 Å². The van der Waals surface area contributed by atoms with E-state index >= 15 is 0 Å². The molecule has 5 rings (SSSR count). The van der Waals surface area contributed by atoms with E-state index in [1.54, 1.807) is 46.4 Å². The third-order valence-electron chi connectivity index (χ3n) is 8.43. The number of amides is 1. The first-order chi connectivity index (χ1) is 19.2. The number of fused-ring (bicyclic) bond motifs is 3. The van der Waals surface area contributed by atoms with Gasteiger partial charge in [0.2, 0.25) is 5.78 Å². The first-order valence-corrected chi connectivity index (χ1v) is 13.2. The number of aliphatic hydroxyl groups is 3. The van der Waals surface area contributed by atoms with Crippen molar-refractivity contribution in [3.05, 3.63) is 63.5 Å². The number of phenols is 1. The molecular weight excluding hydrogens is 532 g/mol. The van der Waals surface area contributed by atoms with Crippen LogP contribution >= 0.6 is 0 Å². The van der Waals surface area contributed by atoms with Crippen LogP contribution in [0.2, 0.25) is 0 Å². The average Bonchev–Trinajstić information content (AvgIpc) is 3.30. The number of hydrogen-bond acceptors (Lipinski definition) is 11. The van der Waals surface area contributed by atoms with E-state index in [9.17, 15) is 34.8 Å². The fourth-order valence-corrected chi connectivity index (χ4v) is 6.60. The number of hydrogen-bond donors (Lipinski definition) is 6. The number of aliphatic hydroxyl groups excluding tert-OH is 2. The third kappa shape index (κ3) is 4.08. The highest BCUT2D eigenvalue weighted by molar-refractivity contribution is 6.25. The normalized spacial score (nSPS) is 25.7. The Hall–Kier alpha value is -4.29. The Kier molecular flexibility index (Phi) is 6.66. The summed E-state index contributed by atoms with van der Waals surface area (Å²) in [5.41, 5.74) is 3.06. The fourth-order valence-electron chi connectivity index (χ4n) is 6.60. The zero-order valence-electron chi connectivity index (χ0n) is 23.5. The Balaban J connectivity index is 1.66. The summed E-state index contributed by atoms with van der Waals surface area (Å²) in [6.45, 7) is 2.04. The second kappa shape index (κ2) is 9.67. The molecule has 218 valence electrons. The molecule has 7 N–H and O–H groups in total. The van der Waals surface area contributed by atoms with Gasteiger partial charge in [0.05, 0.1) is 23.8 Å². The predicted octanol–water partition coefficient (Wildman–Crippen LogP) is 1.70. The molecule has 1 amide bonds. The first kappa shape index (κ1) is 28.2. The van der Waals surface area contributed by atoms with Crippen molar-refractivity contribution in [3.8, 4) is 5.75 Å². The second-order valence-corrected chi connectivity index (χ2v) is 11.4. The fraction of sp³-hybridized carbons (Fsp3) is 0.414. The highest BCUT2D eigenvalue weighted by atomic mass is 16.4. The number of anilines is 2. The number of primary amides is 1. The number of ketones is 2. The Morgan fingerprint density at radius 3 is 2.41 bits per heavy atom. The predicted molar refractivity (Wildman–Crippen MR) is 149 cm³/mol. The van der Waals surface area contributed by atoms with E-state index < -0.39 is 58.0 Å². The lowest BCUT2D eigenvalue weighted by molar-refractivity contribution is -0.148. The smallest absolute Gasteiger partial charge is 0.255 e. The number of rotatable bonds is 6. The van der Waals surface area contributed by atoms with E-state index in [0.29, 0.717) is 17.0 Å². The SMILES string of the molecule is Cc1ccc(CNc2cc(N(C)C)c3c(c2O)C(=O)C2=C(O)[C@@]4(O)C(=O)C(C(N)=O)=C(O)C(N(C)C)[C@H]4C[C@H]2C3)o1. The van der Waals surface area contributed by atoms with Gasteiger partial charge < -0.3 is 40.8 Å². The number of carbonyl (C=O) groups is 3. The molecule has 1 aromatic heterocycles. The number of benzene rings is 1. The summed E-state index contributed by atoms with van der Waals surface area (Å²) in [7, 11) is 6.78. The lowest BCUT2D eigenvalue weighted by Crippen LogP contribution is -2.63. The molecule has 0 fully saturated rings. The van der Waals surface area contributed by atoms with Crippen LogP contribution in [0, 0.1) is 18.8 Å². The number of carbonyl (C=O) groups excluding carboxylic acids is 3. The number of Topliss-reactive ketones (excluding diaryl/α,β-unsaturated/α-hetero) is 2. The number of nitrogens with one attached hydrogen (secondary N) is 1. The van der Waals surface area contributed by atoms with Gasteiger partial charge in [0.15, 0.2) is 11.4 Å². The molecule has 41 heavy (non-hydrogen) atoms. The quantitative estimate of drug-likeness (QED) is 0.220. The molecule has 12 heteroatoms. The Bertz CT molecular complexity index is 1550. The highest BCUT2D eigenvalue weighted by Crippen LogP contribution is 2.53. The topological polar surface area (TPSA) is 190 Å². The number of aromatic hydroxyl groups is 1. The maximum Gasteiger partial charge on any atom is 0.255 e. The summed E-state index contributed by atoms with van der Waals surface area (Å²) < 4.78 is 5.59. The minimum Gasteiger partial charge on any atom is -0.510 e. The summed E-state index contributed by atoms with van der Waals surface area (Å²) in [5.74, 6) is -5.51. The summed E-state index contributed by atoms with van der Waals surface area (Å²) in [4.78, 5) is 43.0. The van der Waals surface area contributed by atoms with Crippen LogP contribution < -0.4 is 16.0 Å². The van der Waals surface area contributed by atoms with Crippen LogP contribution in [-0.2, 0) is 22.6 Å². The Morgan fingerprint density at radius 2 is 1.85 bits per heavy atom. The molecule has 0 bridgehead atoms. The largest absolute Gasteiger partial charge is 0.510 e. The summed E-state index contributed by atoms with van der Waals surface area (Å²) in [6, 6.07) is 4.28. The van der Waals surface area contributed by atoms with Gasteiger partial charge in [0, 0.05) is 31.3 Å². The van der Waals surface area contributed by atoms with Crippen molar-refractivity contribution in [1.82, 2.24) is 4.90 Å². The number of furan rings is 1. The van der Waals surface area contributed by atoms with Crippen LogP contribution in [0.15, 0.2) is 45.3 Å². The lowest BCUT2D eigenvalue weighted by atomic mass is 9.58. The maximum atomic E-state index is 14.1. The van der Waals surface area contributed by atoms with Gasteiger partial charge in [-0.1, -0.05) is 0 Å². The van der Waals surface area contributed by atoms with E-state index in [1.807, 2.05) is 11.8 Å². The molecule has 1 unspecified atom stereocenters. The highest BCUT2D eigenvalue weighted by Gasteiger charge is 2.63. The van der Waals surface area contributed by atoms with Crippen molar-refractivity contribution < 1.29 is 39.2 Å². The number of nitrogens with zero attached hydrogens (tertiary/aromatic N) is 2.